The van der Waals surface area contributed by atoms with E-state index >= 15 is 0 Å². The highest BCUT2D eigenvalue weighted by Crippen LogP contribution is 2.38. The summed E-state index contributed by atoms with van der Waals surface area (Å²) >= 11 is 0. The molecule has 1 heterocycles. The van der Waals surface area contributed by atoms with Gasteiger partial charge in [-0.05, 0) is 45.6 Å². The summed E-state index contributed by atoms with van der Waals surface area (Å²) in [4.78, 5) is 0. The van der Waals surface area contributed by atoms with Gasteiger partial charge >= 0.3 is 0 Å². The molecule has 2 rings (SSSR count). The number of nitrogens with one attached hydrogen (secondary N) is 1. The molecule has 0 amide bonds. The van der Waals surface area contributed by atoms with Crippen LogP contribution in [0.3, 0.4) is 0 Å². The minimum absolute atomic E-state index is 0.0481. The van der Waals surface area contributed by atoms with E-state index in [4.69, 9.17) is 4.74 Å². The molecule has 0 aliphatic heterocycles. The first-order chi connectivity index (χ1) is 9.59. The predicted octanol–water partition coefficient (Wildman–Crippen LogP) is 1.93. The molecule has 1 aromatic heterocycles. The standard InChI is InChI=1S/C15H28N4O/c1-5-20-15(8-6-12(2)7-9-15)14(16-3)10-13-11-19(4)18-17-13/h11-12,14,16H,5-10H2,1-4H3. The Bertz CT molecular complexity index is 410. The predicted molar refractivity (Wildman–Crippen MR) is 79.5 cm³/mol. The van der Waals surface area contributed by atoms with Crippen LogP contribution in [-0.4, -0.2) is 40.3 Å². The Balaban J connectivity index is 2.12. The van der Waals surface area contributed by atoms with Crippen LogP contribution in [0, 0.1) is 5.92 Å². The maximum atomic E-state index is 6.23. The lowest BCUT2D eigenvalue weighted by atomic mass is 9.74. The molecule has 1 fully saturated rings. The Morgan fingerprint density at radius 2 is 2.20 bits per heavy atom. The number of hydrogen-bond donors (Lipinski definition) is 1. The van der Waals surface area contributed by atoms with Crippen molar-refractivity contribution in [3.8, 4) is 0 Å². The molecule has 20 heavy (non-hydrogen) atoms. The molecule has 0 saturated heterocycles. The first kappa shape index (κ1) is 15.4. The zero-order valence-corrected chi connectivity index (χ0v) is 13.2. The normalized spacial score (nSPS) is 28.5. The van der Waals surface area contributed by atoms with Crippen molar-refractivity contribution in [2.24, 2.45) is 13.0 Å². The van der Waals surface area contributed by atoms with Crippen LogP contribution in [0.2, 0.25) is 0 Å². The summed E-state index contributed by atoms with van der Waals surface area (Å²) in [6.45, 7) is 5.20. The van der Waals surface area contributed by atoms with E-state index in [0.29, 0.717) is 6.04 Å². The largest absolute Gasteiger partial charge is 0.374 e. The summed E-state index contributed by atoms with van der Waals surface area (Å²) in [7, 11) is 3.94. The van der Waals surface area contributed by atoms with Crippen LogP contribution in [0.4, 0.5) is 0 Å². The van der Waals surface area contributed by atoms with Gasteiger partial charge in [0.1, 0.15) is 0 Å². The summed E-state index contributed by atoms with van der Waals surface area (Å²) in [5.41, 5.74) is 0.984. The number of nitrogens with zero attached hydrogens (tertiary/aromatic N) is 3. The second kappa shape index (κ2) is 6.68. The van der Waals surface area contributed by atoms with Gasteiger partial charge in [-0.1, -0.05) is 12.1 Å². The van der Waals surface area contributed by atoms with Crippen LogP contribution in [-0.2, 0) is 18.2 Å². The van der Waals surface area contributed by atoms with Crippen LogP contribution in [0.5, 0.6) is 0 Å². The van der Waals surface area contributed by atoms with Gasteiger partial charge in [-0.25, -0.2) is 0 Å². The maximum absolute atomic E-state index is 6.23. The average Bonchev–Trinajstić information content (AvgIpc) is 2.85. The van der Waals surface area contributed by atoms with Gasteiger partial charge in [0, 0.05) is 32.3 Å². The van der Waals surface area contributed by atoms with Crippen molar-refractivity contribution in [1.82, 2.24) is 20.3 Å². The van der Waals surface area contributed by atoms with Gasteiger partial charge in [-0.2, -0.15) is 0 Å². The highest BCUT2D eigenvalue weighted by atomic mass is 16.5. The van der Waals surface area contributed by atoms with E-state index in [-0.39, 0.29) is 5.60 Å². The summed E-state index contributed by atoms with van der Waals surface area (Å²) < 4.78 is 8.00. The number of rotatable bonds is 6. The first-order valence-corrected chi connectivity index (χ1v) is 7.76. The fourth-order valence-electron chi connectivity index (χ4n) is 3.38. The molecule has 1 aliphatic carbocycles. The van der Waals surface area contributed by atoms with Gasteiger partial charge in [-0.3, -0.25) is 4.68 Å². The molecule has 114 valence electrons. The molecule has 1 aliphatic rings. The monoisotopic (exact) mass is 280 g/mol. The zero-order valence-electron chi connectivity index (χ0n) is 13.2. The van der Waals surface area contributed by atoms with Crippen molar-refractivity contribution in [3.05, 3.63) is 11.9 Å². The van der Waals surface area contributed by atoms with Gasteiger partial charge in [0.15, 0.2) is 0 Å². The third-order valence-electron chi connectivity index (χ3n) is 4.60. The van der Waals surface area contributed by atoms with Crippen LogP contribution in [0.1, 0.15) is 45.2 Å². The molecule has 1 N–H and O–H groups in total. The summed E-state index contributed by atoms with van der Waals surface area (Å²) in [5.74, 6) is 0.817. The van der Waals surface area contributed by atoms with Crippen molar-refractivity contribution in [2.45, 2.75) is 57.6 Å². The highest BCUT2D eigenvalue weighted by Gasteiger charge is 2.41. The number of ether oxygens (including phenoxy) is 1. The van der Waals surface area contributed by atoms with Crippen molar-refractivity contribution in [3.63, 3.8) is 0 Å². The fraction of sp³-hybridized carbons (Fsp3) is 0.867. The van der Waals surface area contributed by atoms with E-state index in [0.717, 1.165) is 37.5 Å². The lowest BCUT2D eigenvalue weighted by Crippen LogP contribution is -2.54. The van der Waals surface area contributed by atoms with Gasteiger partial charge in [0.05, 0.1) is 11.3 Å². The van der Waals surface area contributed by atoms with Crippen LogP contribution < -0.4 is 5.32 Å². The van der Waals surface area contributed by atoms with E-state index in [1.807, 2.05) is 20.3 Å². The lowest BCUT2D eigenvalue weighted by Gasteiger charge is -2.44. The van der Waals surface area contributed by atoms with Gasteiger partial charge < -0.3 is 10.1 Å². The number of aromatic nitrogens is 3. The van der Waals surface area contributed by atoms with Crippen molar-refractivity contribution >= 4 is 0 Å². The van der Waals surface area contributed by atoms with Crippen molar-refractivity contribution < 1.29 is 4.74 Å². The van der Waals surface area contributed by atoms with E-state index < -0.39 is 0 Å². The molecule has 1 saturated carbocycles. The molecule has 0 radical (unpaired) electrons. The van der Waals surface area contributed by atoms with Crippen LogP contribution >= 0.6 is 0 Å². The SMILES string of the molecule is CCOC1(C(Cc2cn(C)nn2)NC)CCC(C)CC1. The number of hydrogen-bond acceptors (Lipinski definition) is 4. The Morgan fingerprint density at radius 1 is 1.50 bits per heavy atom. The summed E-state index contributed by atoms with van der Waals surface area (Å²) in [6, 6.07) is 0.298. The third-order valence-corrected chi connectivity index (χ3v) is 4.60. The molecule has 0 spiro atoms. The second-order valence-electron chi connectivity index (χ2n) is 6.11. The lowest BCUT2D eigenvalue weighted by molar-refractivity contribution is -0.0949. The minimum atomic E-state index is -0.0481. The molecule has 5 heteroatoms. The Hall–Kier alpha value is -0.940. The number of likely N-dealkylation sites (N-methyl/N-ethyl adjacent to an activating group) is 1. The zero-order chi connectivity index (χ0) is 14.6. The number of aryl methyl sites for hydroxylation is 1. The van der Waals surface area contributed by atoms with Crippen LogP contribution in [0.15, 0.2) is 6.20 Å². The third kappa shape index (κ3) is 3.38. The van der Waals surface area contributed by atoms with E-state index in [1.165, 1.54) is 12.8 Å². The average molecular weight is 280 g/mol. The van der Waals surface area contributed by atoms with Gasteiger partial charge in [0.25, 0.3) is 0 Å². The van der Waals surface area contributed by atoms with E-state index in [1.54, 1.807) is 4.68 Å². The molecule has 1 atom stereocenters. The maximum Gasteiger partial charge on any atom is 0.0843 e. The quantitative estimate of drug-likeness (QED) is 0.865. The molecular weight excluding hydrogens is 252 g/mol. The van der Waals surface area contributed by atoms with Crippen LogP contribution in [0.25, 0.3) is 0 Å². The topological polar surface area (TPSA) is 52.0 Å². The Morgan fingerprint density at radius 3 is 2.70 bits per heavy atom. The van der Waals surface area contributed by atoms with E-state index in [2.05, 4.69) is 29.5 Å². The summed E-state index contributed by atoms with van der Waals surface area (Å²) in [6.07, 6.45) is 7.63. The van der Waals surface area contributed by atoms with Gasteiger partial charge in [-0.15, -0.1) is 5.10 Å². The van der Waals surface area contributed by atoms with E-state index in [9.17, 15) is 0 Å². The fourth-order valence-corrected chi connectivity index (χ4v) is 3.38. The van der Waals surface area contributed by atoms with Crippen molar-refractivity contribution in [1.29, 1.82) is 0 Å². The van der Waals surface area contributed by atoms with Gasteiger partial charge in [0.2, 0.25) is 0 Å². The minimum Gasteiger partial charge on any atom is -0.374 e. The Labute approximate surface area is 122 Å². The molecule has 1 aromatic rings. The highest BCUT2D eigenvalue weighted by molar-refractivity contribution is 5.04. The first-order valence-electron chi connectivity index (χ1n) is 7.76. The molecule has 0 aromatic carbocycles. The molecular formula is C15H28N4O. The summed E-state index contributed by atoms with van der Waals surface area (Å²) in [5, 5.41) is 11.7. The molecule has 1 unspecified atom stereocenters. The van der Waals surface area contributed by atoms with Crippen molar-refractivity contribution in [2.75, 3.05) is 13.7 Å². The Kier molecular flexibility index (Phi) is 5.16. The molecule has 0 bridgehead atoms. The smallest absolute Gasteiger partial charge is 0.0843 e. The molecule has 5 nitrogen and oxygen atoms in total. The second-order valence-corrected chi connectivity index (χ2v) is 6.11.